The normalized spacial score (nSPS) is 15.1. The largest absolute Gasteiger partial charge is 0.493 e. The Hall–Kier alpha value is -3.72. The van der Waals surface area contributed by atoms with Gasteiger partial charge in [0.15, 0.2) is 18.1 Å². The van der Waals surface area contributed by atoms with Crippen molar-refractivity contribution < 1.29 is 28.5 Å². The van der Waals surface area contributed by atoms with Gasteiger partial charge >= 0.3 is 0 Å². The predicted octanol–water partition coefficient (Wildman–Crippen LogP) is 2.12. The van der Waals surface area contributed by atoms with Gasteiger partial charge in [-0.2, -0.15) is 0 Å². The van der Waals surface area contributed by atoms with Gasteiger partial charge in [-0.1, -0.05) is 6.07 Å². The summed E-state index contributed by atoms with van der Waals surface area (Å²) in [6.45, 7) is 1.32. The SMILES string of the molecule is COCCn1ccc2c(OCC(=O)N3Cc4cc(OC)c(OC)cc4C[C@@H]3C(N)=O)cccc21. The van der Waals surface area contributed by atoms with Gasteiger partial charge in [-0.15, -0.1) is 0 Å². The van der Waals surface area contributed by atoms with E-state index >= 15 is 0 Å². The minimum atomic E-state index is -0.771. The standard InChI is InChI=1S/C25H29N3O6/c1-31-10-9-27-8-7-18-19(27)5-4-6-21(18)34-15-24(29)28-14-17-13-23(33-3)22(32-2)12-16(17)11-20(28)25(26)30/h4-8,12-13,20H,9-11,14-15H2,1-3H3,(H2,26,30)/t20-/m1/s1. The number of nitrogens with zero attached hydrogens (tertiary/aromatic N) is 2. The Morgan fingerprint density at radius 2 is 1.76 bits per heavy atom. The number of ether oxygens (including phenoxy) is 4. The van der Waals surface area contributed by atoms with Crippen LogP contribution in [0.4, 0.5) is 0 Å². The molecular weight excluding hydrogens is 438 g/mol. The number of aromatic nitrogens is 1. The fourth-order valence-corrected chi connectivity index (χ4v) is 4.36. The van der Waals surface area contributed by atoms with Crippen LogP contribution in [-0.4, -0.2) is 61.9 Å². The van der Waals surface area contributed by atoms with Gasteiger partial charge in [-0.25, -0.2) is 0 Å². The van der Waals surface area contributed by atoms with Crippen molar-refractivity contribution in [2.45, 2.75) is 25.6 Å². The zero-order valence-electron chi connectivity index (χ0n) is 19.6. The fourth-order valence-electron chi connectivity index (χ4n) is 4.36. The van der Waals surface area contributed by atoms with E-state index in [9.17, 15) is 9.59 Å². The lowest BCUT2D eigenvalue weighted by Gasteiger charge is -2.35. The molecule has 0 radical (unpaired) electrons. The van der Waals surface area contributed by atoms with E-state index in [0.29, 0.717) is 36.8 Å². The van der Waals surface area contributed by atoms with Crippen LogP contribution in [0.25, 0.3) is 10.9 Å². The fraction of sp³-hybridized carbons (Fsp3) is 0.360. The number of methoxy groups -OCH3 is 3. The third kappa shape index (κ3) is 4.51. The van der Waals surface area contributed by atoms with Crippen LogP contribution in [0.15, 0.2) is 42.6 Å². The lowest BCUT2D eigenvalue weighted by molar-refractivity contribution is -0.142. The van der Waals surface area contributed by atoms with Crippen LogP contribution < -0.4 is 19.9 Å². The molecule has 9 nitrogen and oxygen atoms in total. The summed E-state index contributed by atoms with van der Waals surface area (Å²) >= 11 is 0. The van der Waals surface area contributed by atoms with Crippen LogP contribution >= 0.6 is 0 Å². The van der Waals surface area contributed by atoms with E-state index < -0.39 is 11.9 Å². The van der Waals surface area contributed by atoms with Crippen molar-refractivity contribution in [1.82, 2.24) is 9.47 Å². The van der Waals surface area contributed by atoms with Gasteiger partial charge in [-0.3, -0.25) is 9.59 Å². The highest BCUT2D eigenvalue weighted by molar-refractivity contribution is 5.89. The van der Waals surface area contributed by atoms with Gasteiger partial charge in [0.05, 0.1) is 26.3 Å². The Morgan fingerprint density at radius 3 is 2.44 bits per heavy atom. The highest BCUT2D eigenvalue weighted by atomic mass is 16.5. The molecule has 1 aromatic heterocycles. The van der Waals surface area contributed by atoms with E-state index in [1.807, 2.05) is 42.6 Å². The highest BCUT2D eigenvalue weighted by Crippen LogP contribution is 2.35. The summed E-state index contributed by atoms with van der Waals surface area (Å²) in [4.78, 5) is 26.9. The van der Waals surface area contributed by atoms with Gasteiger partial charge in [0.1, 0.15) is 11.8 Å². The van der Waals surface area contributed by atoms with Crippen molar-refractivity contribution in [2.24, 2.45) is 5.73 Å². The number of amides is 2. The summed E-state index contributed by atoms with van der Waals surface area (Å²) < 4.78 is 23.9. The molecule has 0 spiro atoms. The second kappa shape index (κ2) is 10.0. The molecule has 34 heavy (non-hydrogen) atoms. The van der Waals surface area contributed by atoms with Crippen molar-refractivity contribution in [2.75, 3.05) is 34.5 Å². The van der Waals surface area contributed by atoms with Gasteiger partial charge in [0.25, 0.3) is 5.91 Å². The first kappa shape index (κ1) is 23.4. The number of fused-ring (bicyclic) bond motifs is 2. The Kier molecular flexibility index (Phi) is 6.93. The predicted molar refractivity (Wildman–Crippen MR) is 126 cm³/mol. The van der Waals surface area contributed by atoms with Crippen LogP contribution in [0.2, 0.25) is 0 Å². The third-order valence-electron chi connectivity index (χ3n) is 6.15. The van der Waals surface area contributed by atoms with Crippen LogP contribution in [0, 0.1) is 0 Å². The van der Waals surface area contributed by atoms with E-state index in [1.165, 1.54) is 4.90 Å². The molecule has 1 aliphatic rings. The summed E-state index contributed by atoms with van der Waals surface area (Å²) in [5.74, 6) is 0.845. The highest BCUT2D eigenvalue weighted by Gasteiger charge is 2.34. The van der Waals surface area contributed by atoms with Crippen molar-refractivity contribution >= 4 is 22.7 Å². The lowest BCUT2D eigenvalue weighted by Crippen LogP contribution is -2.52. The molecule has 0 saturated carbocycles. The molecule has 9 heteroatoms. The number of carbonyl (C=O) groups is 2. The third-order valence-corrected chi connectivity index (χ3v) is 6.15. The maximum absolute atomic E-state index is 13.2. The van der Waals surface area contributed by atoms with Gasteiger partial charge in [-0.05, 0) is 41.5 Å². The lowest BCUT2D eigenvalue weighted by atomic mass is 9.92. The number of primary amides is 1. The molecule has 0 unspecified atom stereocenters. The number of benzene rings is 2. The average Bonchev–Trinajstić information content (AvgIpc) is 3.27. The molecule has 1 aliphatic heterocycles. The quantitative estimate of drug-likeness (QED) is 0.517. The number of hydrogen-bond donors (Lipinski definition) is 1. The number of hydrogen-bond acceptors (Lipinski definition) is 6. The Labute approximate surface area is 197 Å². The summed E-state index contributed by atoms with van der Waals surface area (Å²) in [6.07, 6.45) is 2.26. The van der Waals surface area contributed by atoms with Crippen molar-refractivity contribution in [3.8, 4) is 17.2 Å². The second-order valence-electron chi connectivity index (χ2n) is 8.10. The maximum atomic E-state index is 13.2. The second-order valence-corrected chi connectivity index (χ2v) is 8.10. The summed E-state index contributed by atoms with van der Waals surface area (Å²) in [6, 6.07) is 10.5. The smallest absolute Gasteiger partial charge is 0.261 e. The molecule has 0 fully saturated rings. The molecule has 0 aliphatic carbocycles. The molecule has 180 valence electrons. The molecule has 2 aromatic carbocycles. The zero-order valence-corrected chi connectivity index (χ0v) is 19.6. The zero-order chi connectivity index (χ0) is 24.2. The Bertz CT molecular complexity index is 1200. The summed E-state index contributed by atoms with van der Waals surface area (Å²) in [5, 5.41) is 0.902. The average molecular weight is 468 g/mol. The monoisotopic (exact) mass is 467 g/mol. The topological polar surface area (TPSA) is 105 Å². The summed E-state index contributed by atoms with van der Waals surface area (Å²) in [7, 11) is 4.77. The van der Waals surface area contributed by atoms with E-state index in [4.69, 9.17) is 24.7 Å². The first-order valence-corrected chi connectivity index (χ1v) is 11.0. The molecule has 0 bridgehead atoms. The maximum Gasteiger partial charge on any atom is 0.261 e. The van der Waals surface area contributed by atoms with Crippen molar-refractivity contribution in [3.05, 3.63) is 53.7 Å². The minimum Gasteiger partial charge on any atom is -0.493 e. The van der Waals surface area contributed by atoms with Gasteiger partial charge < -0.3 is 34.1 Å². The molecule has 4 rings (SSSR count). The number of rotatable bonds is 9. The molecule has 1 atom stereocenters. The van der Waals surface area contributed by atoms with Crippen LogP contribution in [-0.2, 0) is 33.8 Å². The molecular formula is C25H29N3O6. The van der Waals surface area contributed by atoms with Gasteiger partial charge in [0, 0.05) is 38.2 Å². The minimum absolute atomic E-state index is 0.214. The molecule has 2 amide bonds. The summed E-state index contributed by atoms with van der Waals surface area (Å²) in [5.41, 5.74) is 8.42. The van der Waals surface area contributed by atoms with E-state index in [1.54, 1.807) is 21.3 Å². The molecule has 2 heterocycles. The molecule has 3 aromatic rings. The van der Waals surface area contributed by atoms with Crippen LogP contribution in [0.1, 0.15) is 11.1 Å². The molecule has 0 saturated heterocycles. The number of carbonyl (C=O) groups excluding carboxylic acids is 2. The van der Waals surface area contributed by atoms with Crippen LogP contribution in [0.5, 0.6) is 17.2 Å². The van der Waals surface area contributed by atoms with Crippen molar-refractivity contribution in [1.29, 1.82) is 0 Å². The van der Waals surface area contributed by atoms with E-state index in [0.717, 1.165) is 22.0 Å². The van der Waals surface area contributed by atoms with Gasteiger partial charge in [0.2, 0.25) is 5.91 Å². The molecule has 2 N–H and O–H groups in total. The Balaban J connectivity index is 1.53. The number of nitrogens with two attached hydrogens (primary N) is 1. The van der Waals surface area contributed by atoms with Crippen molar-refractivity contribution in [3.63, 3.8) is 0 Å². The first-order chi connectivity index (χ1) is 16.5. The Morgan fingerprint density at radius 1 is 1.03 bits per heavy atom. The van der Waals surface area contributed by atoms with Crippen LogP contribution in [0.3, 0.4) is 0 Å². The van der Waals surface area contributed by atoms with E-state index in [2.05, 4.69) is 4.57 Å². The van der Waals surface area contributed by atoms with E-state index in [-0.39, 0.29) is 19.1 Å². The first-order valence-electron chi connectivity index (χ1n) is 11.0.